The van der Waals surface area contributed by atoms with Crippen LogP contribution >= 0.6 is 12.4 Å². The molecular formula is C17H25ClN2O3. The first-order valence-corrected chi connectivity index (χ1v) is 7.57. The zero-order valence-electron chi connectivity index (χ0n) is 13.9. The van der Waals surface area contributed by atoms with Crippen LogP contribution in [0.5, 0.6) is 11.5 Å². The van der Waals surface area contributed by atoms with Crippen molar-refractivity contribution in [3.63, 3.8) is 0 Å². The highest BCUT2D eigenvalue weighted by atomic mass is 35.5. The molecule has 6 heteroatoms. The molecule has 0 spiro atoms. The lowest BCUT2D eigenvalue weighted by Gasteiger charge is -2.33. The van der Waals surface area contributed by atoms with Crippen LogP contribution in [0, 0.1) is 11.3 Å². The number of halogens is 1. The summed E-state index contributed by atoms with van der Waals surface area (Å²) in [6, 6.07) is 7.85. The number of aliphatic hydroxyl groups is 1. The highest BCUT2D eigenvalue weighted by Crippen LogP contribution is 2.43. The zero-order valence-corrected chi connectivity index (χ0v) is 14.7. The number of rotatable bonds is 6. The van der Waals surface area contributed by atoms with E-state index >= 15 is 0 Å². The molecule has 1 aromatic rings. The average molecular weight is 341 g/mol. The van der Waals surface area contributed by atoms with Crippen molar-refractivity contribution in [3.05, 3.63) is 23.8 Å². The van der Waals surface area contributed by atoms with Crippen LogP contribution in [0.15, 0.2) is 18.2 Å². The van der Waals surface area contributed by atoms with Crippen molar-refractivity contribution in [3.8, 4) is 17.6 Å². The Bertz CT molecular complexity index is 563. The smallest absolute Gasteiger partial charge is 0.202 e. The Kier molecular flexibility index (Phi) is 6.69. The summed E-state index contributed by atoms with van der Waals surface area (Å²) in [7, 11) is 3.25. The van der Waals surface area contributed by atoms with E-state index in [0.717, 1.165) is 31.2 Å². The van der Waals surface area contributed by atoms with Gasteiger partial charge in [0, 0.05) is 12.0 Å². The topological polar surface area (TPSA) is 74.5 Å². The second kappa shape index (κ2) is 7.87. The van der Waals surface area contributed by atoms with E-state index in [-0.39, 0.29) is 17.8 Å². The second-order valence-corrected chi connectivity index (χ2v) is 6.09. The Hall–Kier alpha value is -1.48. The van der Waals surface area contributed by atoms with Crippen LogP contribution in [0.2, 0.25) is 0 Å². The molecule has 0 aromatic heterocycles. The van der Waals surface area contributed by atoms with Gasteiger partial charge in [-0.05, 0) is 37.5 Å². The lowest BCUT2D eigenvalue weighted by Crippen LogP contribution is -2.47. The van der Waals surface area contributed by atoms with Crippen molar-refractivity contribution in [2.75, 3.05) is 20.8 Å². The van der Waals surface area contributed by atoms with E-state index in [1.807, 2.05) is 18.2 Å². The van der Waals surface area contributed by atoms with E-state index in [0.29, 0.717) is 18.0 Å². The fraction of sp³-hybridized carbons (Fsp3) is 0.588. The molecular weight excluding hydrogens is 316 g/mol. The highest BCUT2D eigenvalue weighted by Gasteiger charge is 2.37. The molecule has 0 heterocycles. The molecule has 0 bridgehead atoms. The summed E-state index contributed by atoms with van der Waals surface area (Å²) in [5.41, 5.74) is -0.434. The third-order valence-electron chi connectivity index (χ3n) is 4.55. The van der Waals surface area contributed by atoms with Crippen molar-refractivity contribution in [2.45, 2.75) is 43.7 Å². The third kappa shape index (κ3) is 4.29. The van der Waals surface area contributed by atoms with Crippen LogP contribution < -0.4 is 14.8 Å². The number of nitriles is 1. The molecule has 0 saturated heterocycles. The molecule has 1 aliphatic rings. The first kappa shape index (κ1) is 19.6. The standard InChI is InChI=1S/C17H24N2O3.ClH/c1-16(20,11-18)19-12-17(8-4-5-9-17)13-6-7-14(21-2)15(10-13)22-3;/h6-7,10,19-20H,4-5,8-9,12H2,1-3H3;1H. The van der Waals surface area contributed by atoms with Gasteiger partial charge in [-0.15, -0.1) is 12.4 Å². The number of hydrogen-bond acceptors (Lipinski definition) is 5. The fourth-order valence-electron chi connectivity index (χ4n) is 3.17. The molecule has 1 aliphatic carbocycles. The van der Waals surface area contributed by atoms with Gasteiger partial charge in [0.15, 0.2) is 11.5 Å². The molecule has 128 valence electrons. The summed E-state index contributed by atoms with van der Waals surface area (Å²) in [4.78, 5) is 0. The Morgan fingerprint density at radius 1 is 1.26 bits per heavy atom. The van der Waals surface area contributed by atoms with Gasteiger partial charge >= 0.3 is 0 Å². The molecule has 1 atom stereocenters. The van der Waals surface area contributed by atoms with Crippen LogP contribution in [0.4, 0.5) is 0 Å². The summed E-state index contributed by atoms with van der Waals surface area (Å²) in [5.74, 6) is 1.41. The molecule has 1 saturated carbocycles. The van der Waals surface area contributed by atoms with Gasteiger partial charge < -0.3 is 14.6 Å². The van der Waals surface area contributed by atoms with Gasteiger partial charge in [0.05, 0.1) is 14.2 Å². The van der Waals surface area contributed by atoms with Gasteiger partial charge in [0.1, 0.15) is 6.07 Å². The van der Waals surface area contributed by atoms with Gasteiger partial charge in [-0.1, -0.05) is 18.9 Å². The van der Waals surface area contributed by atoms with Gasteiger partial charge in [-0.3, -0.25) is 5.32 Å². The van der Waals surface area contributed by atoms with Gasteiger partial charge in [0.25, 0.3) is 0 Å². The maximum Gasteiger partial charge on any atom is 0.202 e. The molecule has 1 unspecified atom stereocenters. The molecule has 23 heavy (non-hydrogen) atoms. The summed E-state index contributed by atoms with van der Waals surface area (Å²) < 4.78 is 10.7. The number of methoxy groups -OCH3 is 2. The zero-order chi connectivity index (χ0) is 16.2. The number of nitrogens with one attached hydrogen (secondary N) is 1. The first-order chi connectivity index (χ1) is 10.5. The minimum atomic E-state index is -1.51. The van der Waals surface area contributed by atoms with E-state index in [1.165, 1.54) is 6.92 Å². The molecule has 1 aromatic carbocycles. The van der Waals surface area contributed by atoms with Crippen LogP contribution in [0.1, 0.15) is 38.2 Å². The Morgan fingerprint density at radius 3 is 2.39 bits per heavy atom. The number of ether oxygens (including phenoxy) is 2. The fourth-order valence-corrected chi connectivity index (χ4v) is 3.17. The number of benzene rings is 1. The summed E-state index contributed by atoms with van der Waals surface area (Å²) in [6.07, 6.45) is 4.34. The van der Waals surface area contributed by atoms with Gasteiger partial charge in [-0.2, -0.15) is 5.26 Å². The lowest BCUT2D eigenvalue weighted by molar-refractivity contribution is 0.0738. The number of nitrogens with zero attached hydrogens (tertiary/aromatic N) is 1. The quantitative estimate of drug-likeness (QED) is 0.615. The van der Waals surface area contributed by atoms with Crippen molar-refractivity contribution < 1.29 is 14.6 Å². The Morgan fingerprint density at radius 2 is 1.87 bits per heavy atom. The SMILES string of the molecule is COc1ccc(C2(CNC(C)(O)C#N)CCCC2)cc1OC.Cl. The molecule has 2 N–H and O–H groups in total. The van der Waals surface area contributed by atoms with E-state index < -0.39 is 5.72 Å². The normalized spacial score (nSPS) is 18.4. The molecule has 5 nitrogen and oxygen atoms in total. The lowest BCUT2D eigenvalue weighted by atomic mass is 9.78. The monoisotopic (exact) mass is 340 g/mol. The van der Waals surface area contributed by atoms with Crippen molar-refractivity contribution in [1.82, 2.24) is 5.32 Å². The maximum atomic E-state index is 9.91. The minimum absolute atomic E-state index is 0. The summed E-state index contributed by atoms with van der Waals surface area (Å²) in [6.45, 7) is 2.04. The summed E-state index contributed by atoms with van der Waals surface area (Å²) in [5, 5.41) is 21.9. The van der Waals surface area contributed by atoms with Gasteiger partial charge in [-0.25, -0.2) is 0 Å². The van der Waals surface area contributed by atoms with E-state index in [9.17, 15) is 5.11 Å². The Balaban J connectivity index is 0.00000264. The predicted molar refractivity (Wildman–Crippen MR) is 91.2 cm³/mol. The molecule has 0 radical (unpaired) electrons. The van der Waals surface area contributed by atoms with E-state index in [4.69, 9.17) is 14.7 Å². The van der Waals surface area contributed by atoms with Crippen LogP contribution in [-0.2, 0) is 5.41 Å². The summed E-state index contributed by atoms with van der Waals surface area (Å²) >= 11 is 0. The van der Waals surface area contributed by atoms with Crippen molar-refractivity contribution in [1.29, 1.82) is 5.26 Å². The second-order valence-electron chi connectivity index (χ2n) is 6.09. The van der Waals surface area contributed by atoms with E-state index in [2.05, 4.69) is 11.4 Å². The van der Waals surface area contributed by atoms with Gasteiger partial charge in [0.2, 0.25) is 5.72 Å². The molecule has 0 aliphatic heterocycles. The van der Waals surface area contributed by atoms with Crippen LogP contribution in [0.25, 0.3) is 0 Å². The highest BCUT2D eigenvalue weighted by molar-refractivity contribution is 5.85. The first-order valence-electron chi connectivity index (χ1n) is 7.57. The molecule has 2 rings (SSSR count). The van der Waals surface area contributed by atoms with Crippen molar-refractivity contribution in [2.24, 2.45) is 0 Å². The van der Waals surface area contributed by atoms with E-state index in [1.54, 1.807) is 14.2 Å². The molecule has 0 amide bonds. The van der Waals surface area contributed by atoms with Crippen LogP contribution in [0.3, 0.4) is 0 Å². The Labute approximate surface area is 144 Å². The molecule has 1 fully saturated rings. The van der Waals surface area contributed by atoms with Crippen LogP contribution in [-0.4, -0.2) is 31.6 Å². The average Bonchev–Trinajstić information content (AvgIpc) is 3.02. The predicted octanol–water partition coefficient (Wildman–Crippen LogP) is 2.76. The number of hydrogen-bond donors (Lipinski definition) is 2. The minimum Gasteiger partial charge on any atom is -0.493 e. The maximum absolute atomic E-state index is 9.91. The van der Waals surface area contributed by atoms with Crippen molar-refractivity contribution >= 4 is 12.4 Å². The largest absolute Gasteiger partial charge is 0.493 e. The third-order valence-corrected chi connectivity index (χ3v) is 4.55.